The number of aromatic nitrogens is 2. The standard InChI is InChI=1S/C18H23N5O2/c1-13-4-3-5-15(10-13)21-18(24)19-12-16-20-14(2)11-17(22-16)23-6-8-25-9-7-23/h3-5,10-11H,6-9,12H2,1-2H3,(H2,19,21,24). The number of rotatable bonds is 4. The quantitative estimate of drug-likeness (QED) is 0.892. The first-order chi connectivity index (χ1) is 12.1. The van der Waals surface area contributed by atoms with Gasteiger partial charge in [0, 0.05) is 30.5 Å². The summed E-state index contributed by atoms with van der Waals surface area (Å²) in [6, 6.07) is 9.34. The molecular formula is C18H23N5O2. The van der Waals surface area contributed by atoms with E-state index in [1.807, 2.05) is 44.2 Å². The average molecular weight is 341 g/mol. The Labute approximate surface area is 147 Å². The van der Waals surface area contributed by atoms with E-state index < -0.39 is 0 Å². The van der Waals surface area contributed by atoms with Gasteiger partial charge in [0.1, 0.15) is 11.6 Å². The molecule has 1 aromatic carbocycles. The highest BCUT2D eigenvalue weighted by atomic mass is 16.5. The summed E-state index contributed by atoms with van der Waals surface area (Å²) in [6.45, 7) is 7.23. The van der Waals surface area contributed by atoms with Crippen LogP contribution in [0.3, 0.4) is 0 Å². The van der Waals surface area contributed by atoms with Crippen LogP contribution in [-0.2, 0) is 11.3 Å². The molecule has 25 heavy (non-hydrogen) atoms. The third kappa shape index (κ3) is 4.90. The molecule has 0 bridgehead atoms. The average Bonchev–Trinajstić information content (AvgIpc) is 2.60. The van der Waals surface area contributed by atoms with Gasteiger partial charge in [0.05, 0.1) is 19.8 Å². The number of anilines is 2. The highest BCUT2D eigenvalue weighted by Crippen LogP contribution is 2.14. The van der Waals surface area contributed by atoms with Crippen molar-refractivity contribution < 1.29 is 9.53 Å². The number of carbonyl (C=O) groups excluding carboxylic acids is 1. The van der Waals surface area contributed by atoms with Gasteiger partial charge in [0.2, 0.25) is 0 Å². The molecule has 7 nitrogen and oxygen atoms in total. The van der Waals surface area contributed by atoms with E-state index in [1.165, 1.54) is 0 Å². The largest absolute Gasteiger partial charge is 0.378 e. The summed E-state index contributed by atoms with van der Waals surface area (Å²) in [5.41, 5.74) is 2.74. The van der Waals surface area contributed by atoms with E-state index in [9.17, 15) is 4.79 Å². The number of urea groups is 1. The first kappa shape index (κ1) is 17.2. The lowest BCUT2D eigenvalue weighted by atomic mass is 10.2. The molecule has 1 saturated heterocycles. The summed E-state index contributed by atoms with van der Waals surface area (Å²) in [7, 11) is 0. The monoisotopic (exact) mass is 341 g/mol. The van der Waals surface area contributed by atoms with Crippen molar-refractivity contribution in [2.75, 3.05) is 36.5 Å². The summed E-state index contributed by atoms with van der Waals surface area (Å²) in [6.07, 6.45) is 0. The van der Waals surface area contributed by atoms with Crippen molar-refractivity contribution in [3.63, 3.8) is 0 Å². The molecule has 0 atom stereocenters. The zero-order valence-corrected chi connectivity index (χ0v) is 14.6. The molecule has 1 aliphatic rings. The Hall–Kier alpha value is -2.67. The van der Waals surface area contributed by atoms with Crippen molar-refractivity contribution in [2.45, 2.75) is 20.4 Å². The van der Waals surface area contributed by atoms with Gasteiger partial charge in [-0.2, -0.15) is 0 Å². The van der Waals surface area contributed by atoms with Crippen molar-refractivity contribution in [3.05, 3.63) is 47.4 Å². The van der Waals surface area contributed by atoms with Crippen LogP contribution >= 0.6 is 0 Å². The molecule has 0 aliphatic carbocycles. The minimum atomic E-state index is -0.274. The van der Waals surface area contributed by atoms with Gasteiger partial charge < -0.3 is 20.3 Å². The minimum absolute atomic E-state index is 0.274. The van der Waals surface area contributed by atoms with Gasteiger partial charge in [-0.25, -0.2) is 14.8 Å². The number of amides is 2. The van der Waals surface area contributed by atoms with Crippen LogP contribution in [0.4, 0.5) is 16.3 Å². The Bertz CT molecular complexity index is 744. The van der Waals surface area contributed by atoms with Crippen molar-refractivity contribution in [1.29, 1.82) is 0 Å². The SMILES string of the molecule is Cc1cccc(NC(=O)NCc2nc(C)cc(N3CCOCC3)n2)c1. The number of nitrogens with zero attached hydrogens (tertiary/aromatic N) is 3. The van der Waals surface area contributed by atoms with Gasteiger partial charge in [-0.15, -0.1) is 0 Å². The second-order valence-electron chi connectivity index (χ2n) is 6.06. The lowest BCUT2D eigenvalue weighted by Gasteiger charge is -2.28. The molecule has 0 unspecified atom stereocenters. The Morgan fingerprint density at radius 2 is 2.00 bits per heavy atom. The zero-order valence-electron chi connectivity index (χ0n) is 14.6. The fraction of sp³-hybridized carbons (Fsp3) is 0.389. The second kappa shape index (κ2) is 7.94. The summed E-state index contributed by atoms with van der Waals surface area (Å²) in [5.74, 6) is 1.48. The molecule has 1 fully saturated rings. The predicted molar refractivity (Wildman–Crippen MR) is 96.8 cm³/mol. The lowest BCUT2D eigenvalue weighted by Crippen LogP contribution is -2.37. The lowest BCUT2D eigenvalue weighted by molar-refractivity contribution is 0.122. The fourth-order valence-electron chi connectivity index (χ4n) is 2.70. The van der Waals surface area contributed by atoms with Crippen LogP contribution in [-0.4, -0.2) is 42.3 Å². The smallest absolute Gasteiger partial charge is 0.319 e. The topological polar surface area (TPSA) is 79.4 Å². The maximum Gasteiger partial charge on any atom is 0.319 e. The molecule has 7 heteroatoms. The van der Waals surface area contributed by atoms with Gasteiger partial charge >= 0.3 is 6.03 Å². The number of benzene rings is 1. The predicted octanol–water partition coefficient (Wildman–Crippen LogP) is 2.25. The van der Waals surface area contributed by atoms with E-state index in [1.54, 1.807) is 0 Å². The van der Waals surface area contributed by atoms with E-state index in [0.717, 1.165) is 35.9 Å². The third-order valence-corrected chi connectivity index (χ3v) is 3.91. The van der Waals surface area contributed by atoms with Crippen LogP contribution in [0.25, 0.3) is 0 Å². The maximum absolute atomic E-state index is 12.1. The summed E-state index contributed by atoms with van der Waals surface area (Å²) >= 11 is 0. The molecular weight excluding hydrogens is 318 g/mol. The molecule has 2 N–H and O–H groups in total. The fourth-order valence-corrected chi connectivity index (χ4v) is 2.70. The van der Waals surface area contributed by atoms with Crippen molar-refractivity contribution in [3.8, 4) is 0 Å². The summed E-state index contributed by atoms with van der Waals surface area (Å²) in [5, 5.41) is 5.62. The van der Waals surface area contributed by atoms with Crippen molar-refractivity contribution >= 4 is 17.5 Å². The number of ether oxygens (including phenoxy) is 1. The number of nitrogens with one attached hydrogen (secondary N) is 2. The molecule has 3 rings (SSSR count). The normalized spacial score (nSPS) is 14.2. The van der Waals surface area contributed by atoms with E-state index in [0.29, 0.717) is 19.0 Å². The molecule has 2 amide bonds. The molecule has 2 heterocycles. The molecule has 0 saturated carbocycles. The van der Waals surface area contributed by atoms with Crippen LogP contribution in [0.5, 0.6) is 0 Å². The number of morpholine rings is 1. The second-order valence-corrected chi connectivity index (χ2v) is 6.06. The number of hydrogen-bond donors (Lipinski definition) is 2. The maximum atomic E-state index is 12.1. The summed E-state index contributed by atoms with van der Waals surface area (Å²) in [4.78, 5) is 23.2. The Balaban J connectivity index is 1.60. The third-order valence-electron chi connectivity index (χ3n) is 3.91. The van der Waals surface area contributed by atoms with Gasteiger partial charge in [0.15, 0.2) is 0 Å². The number of aryl methyl sites for hydroxylation is 2. The van der Waals surface area contributed by atoms with Crippen LogP contribution in [0.1, 0.15) is 17.1 Å². The first-order valence-corrected chi connectivity index (χ1v) is 8.39. The van der Waals surface area contributed by atoms with Crippen LogP contribution in [0.2, 0.25) is 0 Å². The highest BCUT2D eigenvalue weighted by Gasteiger charge is 2.14. The van der Waals surface area contributed by atoms with Gasteiger partial charge in [-0.3, -0.25) is 0 Å². The van der Waals surface area contributed by atoms with Crippen molar-refractivity contribution in [1.82, 2.24) is 15.3 Å². The number of carbonyl (C=O) groups is 1. The van der Waals surface area contributed by atoms with Gasteiger partial charge in [0.25, 0.3) is 0 Å². The van der Waals surface area contributed by atoms with Gasteiger partial charge in [-0.1, -0.05) is 12.1 Å². The van der Waals surface area contributed by atoms with Crippen LogP contribution in [0, 0.1) is 13.8 Å². The molecule has 0 spiro atoms. The van der Waals surface area contributed by atoms with Crippen LogP contribution < -0.4 is 15.5 Å². The Kier molecular flexibility index (Phi) is 5.45. The Morgan fingerprint density at radius 1 is 1.20 bits per heavy atom. The molecule has 2 aromatic rings. The highest BCUT2D eigenvalue weighted by molar-refractivity contribution is 5.89. The van der Waals surface area contributed by atoms with Crippen LogP contribution in [0.15, 0.2) is 30.3 Å². The van der Waals surface area contributed by atoms with E-state index in [2.05, 4.69) is 25.5 Å². The van der Waals surface area contributed by atoms with E-state index in [-0.39, 0.29) is 12.6 Å². The molecule has 0 radical (unpaired) electrons. The van der Waals surface area contributed by atoms with Crippen molar-refractivity contribution in [2.24, 2.45) is 0 Å². The van der Waals surface area contributed by atoms with E-state index >= 15 is 0 Å². The van der Waals surface area contributed by atoms with E-state index in [4.69, 9.17) is 4.74 Å². The summed E-state index contributed by atoms with van der Waals surface area (Å²) < 4.78 is 5.38. The minimum Gasteiger partial charge on any atom is -0.378 e. The number of hydrogen-bond acceptors (Lipinski definition) is 5. The zero-order chi connectivity index (χ0) is 17.6. The molecule has 132 valence electrons. The molecule has 1 aliphatic heterocycles. The Morgan fingerprint density at radius 3 is 2.76 bits per heavy atom. The first-order valence-electron chi connectivity index (χ1n) is 8.39. The van der Waals surface area contributed by atoms with Gasteiger partial charge in [-0.05, 0) is 31.5 Å². The molecule has 1 aromatic heterocycles.